The lowest BCUT2D eigenvalue weighted by molar-refractivity contribution is 0.225. The van der Waals surface area contributed by atoms with E-state index in [2.05, 4.69) is 56.5 Å². The minimum Gasteiger partial charge on any atom is -0.359 e. The third-order valence-corrected chi connectivity index (χ3v) is 4.88. The smallest absolute Gasteiger partial charge is 0.171 e. The first kappa shape index (κ1) is 15.3. The van der Waals surface area contributed by atoms with Crippen LogP contribution in [0.25, 0.3) is 0 Å². The Morgan fingerprint density at radius 3 is 2.70 bits per heavy atom. The van der Waals surface area contributed by atoms with E-state index in [9.17, 15) is 0 Å². The molecule has 1 fully saturated rings. The van der Waals surface area contributed by atoms with Crippen LogP contribution in [0.3, 0.4) is 0 Å². The van der Waals surface area contributed by atoms with Crippen molar-refractivity contribution < 1.29 is 0 Å². The van der Waals surface area contributed by atoms with Gasteiger partial charge in [-0.1, -0.05) is 38.8 Å². The summed E-state index contributed by atoms with van der Waals surface area (Å²) in [6.45, 7) is 8.89. The monoisotopic (exact) mass is 290 g/mol. The lowest BCUT2D eigenvalue weighted by Crippen LogP contribution is -2.45. The molecule has 0 amide bonds. The van der Waals surface area contributed by atoms with Crippen LogP contribution in [-0.4, -0.2) is 11.2 Å². The third-order valence-electron chi connectivity index (χ3n) is 4.66. The number of hydrogen-bond donors (Lipinski definition) is 2. The van der Waals surface area contributed by atoms with Crippen molar-refractivity contribution in [2.45, 2.75) is 53.0 Å². The Kier molecular flexibility index (Phi) is 5.03. The summed E-state index contributed by atoms with van der Waals surface area (Å²) in [7, 11) is 0. The first-order chi connectivity index (χ1) is 9.47. The van der Waals surface area contributed by atoms with Gasteiger partial charge in [0.05, 0.1) is 0 Å². The van der Waals surface area contributed by atoms with E-state index in [0.717, 1.165) is 16.7 Å². The topological polar surface area (TPSA) is 24.1 Å². The number of thiocarbonyl (C=S) groups is 1. The van der Waals surface area contributed by atoms with Gasteiger partial charge in [0.15, 0.2) is 5.11 Å². The molecule has 0 radical (unpaired) electrons. The molecule has 0 aliphatic heterocycles. The SMILES string of the molecule is Cc1ccc(C)c(NC(=S)N[C@@H]2CCC[C@@H](C)[C@H]2C)c1. The minimum atomic E-state index is 0.504. The molecule has 0 aromatic heterocycles. The van der Waals surface area contributed by atoms with Crippen LogP contribution >= 0.6 is 12.2 Å². The fourth-order valence-corrected chi connectivity index (χ4v) is 3.24. The normalized spacial score (nSPS) is 26.1. The molecule has 2 nitrogen and oxygen atoms in total. The fraction of sp³-hybridized carbons (Fsp3) is 0.588. The van der Waals surface area contributed by atoms with Crippen LogP contribution in [0, 0.1) is 25.7 Å². The highest BCUT2D eigenvalue weighted by molar-refractivity contribution is 7.80. The Bertz CT molecular complexity index is 484. The first-order valence-corrected chi connectivity index (χ1v) is 8.03. The quantitative estimate of drug-likeness (QED) is 0.789. The zero-order valence-electron chi connectivity index (χ0n) is 13.0. The van der Waals surface area contributed by atoms with Crippen molar-refractivity contribution in [3.8, 4) is 0 Å². The number of hydrogen-bond acceptors (Lipinski definition) is 1. The molecule has 3 heteroatoms. The number of rotatable bonds is 2. The van der Waals surface area contributed by atoms with Gasteiger partial charge in [-0.2, -0.15) is 0 Å². The van der Waals surface area contributed by atoms with Crippen LogP contribution in [0.4, 0.5) is 5.69 Å². The molecule has 2 N–H and O–H groups in total. The summed E-state index contributed by atoms with van der Waals surface area (Å²) in [5.74, 6) is 1.46. The second-order valence-corrected chi connectivity index (χ2v) is 6.70. The van der Waals surface area contributed by atoms with Crippen LogP contribution in [0.1, 0.15) is 44.2 Å². The minimum absolute atomic E-state index is 0.504. The van der Waals surface area contributed by atoms with Crippen molar-refractivity contribution in [3.05, 3.63) is 29.3 Å². The van der Waals surface area contributed by atoms with Gasteiger partial charge in [0.1, 0.15) is 0 Å². The Labute approximate surface area is 128 Å². The Morgan fingerprint density at radius 2 is 1.95 bits per heavy atom. The largest absolute Gasteiger partial charge is 0.359 e. The van der Waals surface area contributed by atoms with Gasteiger partial charge >= 0.3 is 0 Å². The first-order valence-electron chi connectivity index (χ1n) is 7.62. The lowest BCUT2D eigenvalue weighted by atomic mass is 9.78. The maximum absolute atomic E-state index is 5.49. The van der Waals surface area contributed by atoms with Crippen LogP contribution in [0.2, 0.25) is 0 Å². The van der Waals surface area contributed by atoms with E-state index in [1.807, 2.05) is 0 Å². The van der Waals surface area contributed by atoms with Crippen LogP contribution < -0.4 is 10.6 Å². The second-order valence-electron chi connectivity index (χ2n) is 6.29. The van der Waals surface area contributed by atoms with Gasteiger partial charge in [-0.05, 0) is 61.5 Å². The predicted octanol–water partition coefficient (Wildman–Crippen LogP) is 4.41. The average molecular weight is 290 g/mol. The van der Waals surface area contributed by atoms with Crippen LogP contribution in [-0.2, 0) is 0 Å². The standard InChI is InChI=1S/C17H26N2S/c1-11-8-9-13(3)16(10-11)19-17(20)18-15-7-5-6-12(2)14(15)4/h8-10,12,14-15H,5-7H2,1-4H3,(H2,18,19,20)/t12-,14-,15-/m1/s1. The van der Waals surface area contributed by atoms with Gasteiger partial charge in [0.25, 0.3) is 0 Å². The van der Waals surface area contributed by atoms with E-state index in [4.69, 9.17) is 12.2 Å². The molecule has 1 saturated carbocycles. The van der Waals surface area contributed by atoms with E-state index in [-0.39, 0.29) is 0 Å². The summed E-state index contributed by atoms with van der Waals surface area (Å²) in [5.41, 5.74) is 3.59. The molecule has 0 spiro atoms. The van der Waals surface area contributed by atoms with Crippen LogP contribution in [0.5, 0.6) is 0 Å². The molecule has 0 heterocycles. The Morgan fingerprint density at radius 1 is 1.20 bits per heavy atom. The summed E-state index contributed by atoms with van der Waals surface area (Å²) in [6.07, 6.45) is 3.87. The van der Waals surface area contributed by atoms with E-state index >= 15 is 0 Å². The molecular formula is C17H26N2S. The molecule has 110 valence electrons. The molecular weight excluding hydrogens is 264 g/mol. The molecule has 0 saturated heterocycles. The highest BCUT2D eigenvalue weighted by atomic mass is 32.1. The maximum Gasteiger partial charge on any atom is 0.171 e. The maximum atomic E-state index is 5.49. The van der Waals surface area contributed by atoms with E-state index in [0.29, 0.717) is 12.0 Å². The number of aryl methyl sites for hydroxylation is 2. The molecule has 1 aliphatic rings. The van der Waals surface area contributed by atoms with Crippen molar-refractivity contribution in [1.82, 2.24) is 5.32 Å². The predicted molar refractivity (Wildman–Crippen MR) is 91.2 cm³/mol. The molecule has 2 rings (SSSR count). The molecule has 1 aromatic carbocycles. The summed E-state index contributed by atoms with van der Waals surface area (Å²) < 4.78 is 0. The fourth-order valence-electron chi connectivity index (χ4n) is 2.98. The van der Waals surface area contributed by atoms with Gasteiger partial charge in [-0.25, -0.2) is 0 Å². The second kappa shape index (κ2) is 6.57. The molecule has 3 atom stereocenters. The summed E-state index contributed by atoms with van der Waals surface area (Å²) in [4.78, 5) is 0. The van der Waals surface area contributed by atoms with E-state index < -0.39 is 0 Å². The average Bonchev–Trinajstić information content (AvgIpc) is 2.39. The van der Waals surface area contributed by atoms with Crippen molar-refractivity contribution in [3.63, 3.8) is 0 Å². The summed E-state index contributed by atoms with van der Waals surface area (Å²) in [5, 5.41) is 7.62. The molecule has 0 unspecified atom stereocenters. The Hall–Kier alpha value is -1.09. The number of anilines is 1. The van der Waals surface area contributed by atoms with Gasteiger partial charge in [0.2, 0.25) is 0 Å². The van der Waals surface area contributed by atoms with E-state index in [1.165, 1.54) is 30.4 Å². The zero-order valence-corrected chi connectivity index (χ0v) is 13.8. The molecule has 20 heavy (non-hydrogen) atoms. The third kappa shape index (κ3) is 3.72. The highest BCUT2D eigenvalue weighted by Crippen LogP contribution is 2.29. The highest BCUT2D eigenvalue weighted by Gasteiger charge is 2.27. The molecule has 0 bridgehead atoms. The zero-order chi connectivity index (χ0) is 14.7. The number of benzene rings is 1. The van der Waals surface area contributed by atoms with Crippen molar-refractivity contribution in [2.24, 2.45) is 11.8 Å². The summed E-state index contributed by atoms with van der Waals surface area (Å²) >= 11 is 5.49. The van der Waals surface area contributed by atoms with Gasteiger partial charge in [0, 0.05) is 11.7 Å². The molecule has 1 aliphatic carbocycles. The van der Waals surface area contributed by atoms with Crippen molar-refractivity contribution in [2.75, 3.05) is 5.32 Å². The molecule has 1 aromatic rings. The van der Waals surface area contributed by atoms with Crippen molar-refractivity contribution in [1.29, 1.82) is 0 Å². The Balaban J connectivity index is 1.97. The van der Waals surface area contributed by atoms with Gasteiger partial charge < -0.3 is 10.6 Å². The van der Waals surface area contributed by atoms with Crippen LogP contribution in [0.15, 0.2) is 18.2 Å². The van der Waals surface area contributed by atoms with Gasteiger partial charge in [-0.3, -0.25) is 0 Å². The van der Waals surface area contributed by atoms with Crippen molar-refractivity contribution >= 4 is 23.0 Å². The summed E-state index contributed by atoms with van der Waals surface area (Å²) in [6, 6.07) is 6.91. The lowest BCUT2D eigenvalue weighted by Gasteiger charge is -2.35. The van der Waals surface area contributed by atoms with Gasteiger partial charge in [-0.15, -0.1) is 0 Å². The van der Waals surface area contributed by atoms with E-state index in [1.54, 1.807) is 0 Å². The number of nitrogens with one attached hydrogen (secondary N) is 2.